The van der Waals surface area contributed by atoms with Gasteiger partial charge in [-0.25, -0.2) is 4.99 Å². The molecule has 3 aromatic rings. The second kappa shape index (κ2) is 8.67. The Hall–Kier alpha value is -4.19. The second-order valence-electron chi connectivity index (χ2n) is 6.97. The van der Waals surface area contributed by atoms with E-state index >= 15 is 0 Å². The zero-order valence-corrected chi connectivity index (χ0v) is 17.2. The van der Waals surface area contributed by atoms with Crippen LogP contribution in [0.3, 0.4) is 0 Å². The van der Waals surface area contributed by atoms with Gasteiger partial charge in [0.1, 0.15) is 17.3 Å². The summed E-state index contributed by atoms with van der Waals surface area (Å²) in [6.07, 6.45) is 1.76. The minimum absolute atomic E-state index is 0.152. The van der Waals surface area contributed by atoms with Crippen molar-refractivity contribution in [3.8, 4) is 5.75 Å². The first-order valence-corrected chi connectivity index (χ1v) is 9.77. The van der Waals surface area contributed by atoms with Gasteiger partial charge in [-0.3, -0.25) is 14.5 Å². The third-order valence-electron chi connectivity index (χ3n) is 4.76. The Morgan fingerprint density at radius 1 is 0.968 bits per heavy atom. The lowest BCUT2D eigenvalue weighted by molar-refractivity contribution is -0.114. The summed E-state index contributed by atoms with van der Waals surface area (Å²) in [6, 6.07) is 24.1. The third kappa shape index (κ3) is 4.38. The molecule has 154 valence electrons. The van der Waals surface area contributed by atoms with Crippen LogP contribution in [-0.2, 0) is 9.59 Å². The fourth-order valence-electron chi connectivity index (χ4n) is 3.29. The zero-order chi connectivity index (χ0) is 21.8. The number of anilines is 2. The molecule has 0 saturated heterocycles. The fourth-order valence-corrected chi connectivity index (χ4v) is 3.29. The lowest BCUT2D eigenvalue weighted by atomic mass is 10.1. The number of hydrogen-bond acceptors (Lipinski definition) is 4. The van der Waals surface area contributed by atoms with Crippen molar-refractivity contribution in [2.45, 2.75) is 6.92 Å². The van der Waals surface area contributed by atoms with Crippen LogP contribution in [0, 0.1) is 0 Å². The first kappa shape index (κ1) is 20.1. The quantitative estimate of drug-likeness (QED) is 0.629. The number of rotatable bonds is 5. The van der Waals surface area contributed by atoms with Gasteiger partial charge in [-0.15, -0.1) is 0 Å². The predicted octanol–water partition coefficient (Wildman–Crippen LogP) is 4.49. The highest BCUT2D eigenvalue weighted by Gasteiger charge is 2.32. The highest BCUT2D eigenvalue weighted by Crippen LogP contribution is 2.29. The molecule has 0 atom stereocenters. The van der Waals surface area contributed by atoms with Gasteiger partial charge in [-0.1, -0.05) is 42.5 Å². The van der Waals surface area contributed by atoms with E-state index in [0.29, 0.717) is 22.9 Å². The molecular weight excluding hydrogens is 390 g/mol. The first-order valence-electron chi connectivity index (χ1n) is 9.77. The van der Waals surface area contributed by atoms with E-state index in [0.717, 1.165) is 16.9 Å². The Labute approximate surface area is 180 Å². The molecule has 0 radical (unpaired) electrons. The van der Waals surface area contributed by atoms with Gasteiger partial charge in [0.2, 0.25) is 5.91 Å². The molecule has 6 heteroatoms. The molecule has 6 nitrogen and oxygen atoms in total. The highest BCUT2D eigenvalue weighted by molar-refractivity contribution is 6.33. The number of benzene rings is 3. The number of nitrogens with zero attached hydrogens (tertiary/aromatic N) is 2. The van der Waals surface area contributed by atoms with Crippen molar-refractivity contribution < 1.29 is 14.3 Å². The molecule has 3 aromatic carbocycles. The first-order chi connectivity index (χ1) is 15.0. The van der Waals surface area contributed by atoms with Crippen molar-refractivity contribution in [1.82, 2.24) is 0 Å². The monoisotopic (exact) mass is 411 g/mol. The predicted molar refractivity (Wildman–Crippen MR) is 122 cm³/mol. The number of carbonyl (C=O) groups is 2. The summed E-state index contributed by atoms with van der Waals surface area (Å²) >= 11 is 0. The van der Waals surface area contributed by atoms with Crippen LogP contribution >= 0.6 is 0 Å². The Kier molecular flexibility index (Phi) is 5.62. The summed E-state index contributed by atoms with van der Waals surface area (Å²) in [5.74, 6) is 0.926. The standard InChI is InChI=1S/C25H21N3O3/c1-17(29)26-20-10-12-21(13-11-20)28-24(19-6-4-3-5-7-19)27-23(25(28)30)16-18-8-14-22(31-2)15-9-18/h3-16H,1-2H3,(H,26,29). The van der Waals surface area contributed by atoms with E-state index < -0.39 is 0 Å². The van der Waals surface area contributed by atoms with Crippen LogP contribution in [0.1, 0.15) is 18.1 Å². The van der Waals surface area contributed by atoms with Gasteiger partial charge in [0.05, 0.1) is 12.8 Å². The van der Waals surface area contributed by atoms with E-state index in [1.807, 2.05) is 54.6 Å². The normalized spacial score (nSPS) is 14.5. The largest absolute Gasteiger partial charge is 0.497 e. The van der Waals surface area contributed by atoms with Crippen molar-refractivity contribution in [1.29, 1.82) is 0 Å². The number of carbonyl (C=O) groups excluding carboxylic acids is 2. The molecular formula is C25H21N3O3. The van der Waals surface area contributed by atoms with Gasteiger partial charge in [0.25, 0.3) is 5.91 Å². The van der Waals surface area contributed by atoms with Crippen LogP contribution < -0.4 is 15.0 Å². The van der Waals surface area contributed by atoms with E-state index in [1.165, 1.54) is 6.92 Å². The summed E-state index contributed by atoms with van der Waals surface area (Å²) in [4.78, 5) is 30.9. The Morgan fingerprint density at radius 3 is 2.26 bits per heavy atom. The molecule has 1 aliphatic rings. The Balaban J connectivity index is 1.73. The lowest BCUT2D eigenvalue weighted by Gasteiger charge is -2.19. The smallest absolute Gasteiger partial charge is 0.282 e. The van der Waals surface area contributed by atoms with Crippen molar-refractivity contribution >= 4 is 35.1 Å². The highest BCUT2D eigenvalue weighted by atomic mass is 16.5. The Bertz CT molecular complexity index is 1160. The summed E-state index contributed by atoms with van der Waals surface area (Å²) in [5, 5.41) is 2.73. The van der Waals surface area contributed by atoms with Gasteiger partial charge in [0.15, 0.2) is 0 Å². The minimum atomic E-state index is -0.220. The van der Waals surface area contributed by atoms with Crippen LogP contribution in [0.4, 0.5) is 11.4 Å². The maximum atomic E-state index is 13.3. The van der Waals surface area contributed by atoms with Gasteiger partial charge >= 0.3 is 0 Å². The minimum Gasteiger partial charge on any atom is -0.497 e. The molecule has 0 aliphatic carbocycles. The van der Waals surface area contributed by atoms with Crippen molar-refractivity contribution in [2.24, 2.45) is 4.99 Å². The van der Waals surface area contributed by atoms with E-state index in [9.17, 15) is 9.59 Å². The number of nitrogens with one attached hydrogen (secondary N) is 1. The summed E-state index contributed by atoms with van der Waals surface area (Å²) in [6.45, 7) is 1.45. The molecule has 0 aromatic heterocycles. The second-order valence-corrected chi connectivity index (χ2v) is 6.97. The van der Waals surface area contributed by atoms with Crippen LogP contribution in [0.25, 0.3) is 6.08 Å². The molecule has 0 spiro atoms. The molecule has 0 fully saturated rings. The SMILES string of the molecule is COc1ccc(C=C2N=C(c3ccccc3)N(c3ccc(NC(C)=O)cc3)C2=O)cc1. The lowest BCUT2D eigenvalue weighted by Crippen LogP contribution is -2.32. The number of amides is 2. The maximum Gasteiger partial charge on any atom is 0.282 e. The molecule has 0 bridgehead atoms. The molecule has 1 aliphatic heterocycles. The number of ether oxygens (including phenoxy) is 1. The number of aliphatic imine (C=N–C) groups is 1. The van der Waals surface area contributed by atoms with Gasteiger partial charge in [-0.2, -0.15) is 0 Å². The van der Waals surface area contributed by atoms with Gasteiger partial charge < -0.3 is 10.1 Å². The van der Waals surface area contributed by atoms with Crippen LogP contribution in [0.15, 0.2) is 89.6 Å². The fraction of sp³-hybridized carbons (Fsp3) is 0.0800. The molecule has 4 rings (SSSR count). The van der Waals surface area contributed by atoms with Crippen molar-refractivity contribution in [3.05, 3.63) is 95.7 Å². The summed E-state index contributed by atoms with van der Waals surface area (Å²) in [5.41, 5.74) is 3.35. The third-order valence-corrected chi connectivity index (χ3v) is 4.76. The molecule has 1 N–H and O–H groups in total. The maximum absolute atomic E-state index is 13.3. The Morgan fingerprint density at radius 2 is 1.65 bits per heavy atom. The van der Waals surface area contributed by atoms with Gasteiger partial charge in [-0.05, 0) is 48.0 Å². The molecule has 0 saturated carbocycles. The van der Waals surface area contributed by atoms with E-state index in [2.05, 4.69) is 10.3 Å². The average Bonchev–Trinajstić information content (AvgIpc) is 3.11. The summed E-state index contributed by atoms with van der Waals surface area (Å²) in [7, 11) is 1.61. The molecule has 2 amide bonds. The number of hydrogen-bond donors (Lipinski definition) is 1. The van der Waals surface area contributed by atoms with Crippen LogP contribution in [-0.4, -0.2) is 24.8 Å². The number of methoxy groups -OCH3 is 1. The molecule has 0 unspecified atom stereocenters. The summed E-state index contributed by atoms with van der Waals surface area (Å²) < 4.78 is 5.19. The number of amidine groups is 1. The topological polar surface area (TPSA) is 71.0 Å². The van der Waals surface area contributed by atoms with Crippen molar-refractivity contribution in [3.63, 3.8) is 0 Å². The zero-order valence-electron chi connectivity index (χ0n) is 17.2. The average molecular weight is 411 g/mol. The van der Waals surface area contributed by atoms with E-state index in [1.54, 1.807) is 42.4 Å². The van der Waals surface area contributed by atoms with Crippen LogP contribution in [0.2, 0.25) is 0 Å². The molecule has 1 heterocycles. The van der Waals surface area contributed by atoms with E-state index in [4.69, 9.17) is 4.74 Å². The van der Waals surface area contributed by atoms with Crippen LogP contribution in [0.5, 0.6) is 5.75 Å². The van der Waals surface area contributed by atoms with Gasteiger partial charge in [0, 0.05) is 18.2 Å². The van der Waals surface area contributed by atoms with Crippen molar-refractivity contribution in [2.75, 3.05) is 17.3 Å². The van der Waals surface area contributed by atoms with E-state index in [-0.39, 0.29) is 11.8 Å². The molecule has 31 heavy (non-hydrogen) atoms.